The summed E-state index contributed by atoms with van der Waals surface area (Å²) >= 11 is 11.3. The van der Waals surface area contributed by atoms with E-state index in [2.05, 4.69) is 0 Å². The van der Waals surface area contributed by atoms with Gasteiger partial charge in [0.2, 0.25) is 0 Å². The molecule has 0 atom stereocenters. The maximum Gasteiger partial charge on any atom is 0.0492 e. The van der Waals surface area contributed by atoms with E-state index < -0.39 is 0 Å². The minimum Gasteiger partial charge on any atom is -0.357 e. The third kappa shape index (κ3) is 1.47. The van der Waals surface area contributed by atoms with Gasteiger partial charge in [0.1, 0.15) is 0 Å². The fourth-order valence-electron chi connectivity index (χ4n) is 0.935. The van der Waals surface area contributed by atoms with Crippen molar-refractivity contribution in [3.8, 4) is 0 Å². The number of nitrogens with zero attached hydrogens (tertiary/aromatic N) is 1. The molecule has 0 radical (unpaired) electrons. The van der Waals surface area contributed by atoms with Gasteiger partial charge in [0, 0.05) is 31.2 Å². The summed E-state index contributed by atoms with van der Waals surface area (Å²) in [6.45, 7) is 0. The first-order valence-corrected chi connectivity index (χ1v) is 4.10. The molecule has 0 aromatic carbocycles. The predicted molar refractivity (Wildman–Crippen MR) is 44.5 cm³/mol. The third-order valence-electron chi connectivity index (χ3n) is 1.42. The molecule has 0 saturated carbocycles. The summed E-state index contributed by atoms with van der Waals surface area (Å²) in [6.07, 6.45) is 3.98. The van der Waals surface area contributed by atoms with Gasteiger partial charge in [-0.25, -0.2) is 0 Å². The minimum absolute atomic E-state index is 0.545. The highest BCUT2D eigenvalue weighted by molar-refractivity contribution is 6.18. The van der Waals surface area contributed by atoms with Gasteiger partial charge in [-0.3, -0.25) is 0 Å². The Hall–Kier alpha value is -0.140. The van der Waals surface area contributed by atoms with Crippen LogP contribution in [0.25, 0.3) is 0 Å². The van der Waals surface area contributed by atoms with Crippen LogP contribution in [-0.4, -0.2) is 4.57 Å². The van der Waals surface area contributed by atoms with Crippen molar-refractivity contribution in [1.82, 2.24) is 4.57 Å². The maximum atomic E-state index is 5.65. The van der Waals surface area contributed by atoms with Gasteiger partial charge < -0.3 is 4.57 Å². The Balaban J connectivity index is 2.96. The van der Waals surface area contributed by atoms with E-state index in [4.69, 9.17) is 23.2 Å². The van der Waals surface area contributed by atoms with Gasteiger partial charge in [-0.1, -0.05) is 0 Å². The van der Waals surface area contributed by atoms with Gasteiger partial charge in [-0.15, -0.1) is 23.2 Å². The number of hydrogen-bond acceptors (Lipinski definition) is 0. The van der Waals surface area contributed by atoms with E-state index in [9.17, 15) is 0 Å². The number of halogens is 2. The average molecular weight is 178 g/mol. The zero-order valence-corrected chi connectivity index (χ0v) is 7.28. The van der Waals surface area contributed by atoms with Crippen LogP contribution >= 0.6 is 23.2 Å². The average Bonchev–Trinajstić information content (AvgIpc) is 2.30. The smallest absolute Gasteiger partial charge is 0.0492 e. The minimum atomic E-state index is 0.545. The van der Waals surface area contributed by atoms with Crippen molar-refractivity contribution in [2.24, 2.45) is 7.05 Å². The zero-order valence-electron chi connectivity index (χ0n) is 5.77. The fourth-order valence-corrected chi connectivity index (χ4v) is 1.42. The van der Waals surface area contributed by atoms with E-state index in [-0.39, 0.29) is 0 Å². The molecule has 1 heterocycles. The molecule has 1 aromatic heterocycles. The number of aryl methyl sites for hydroxylation is 1. The van der Waals surface area contributed by atoms with E-state index in [1.807, 2.05) is 24.0 Å². The molecule has 1 rings (SSSR count). The lowest BCUT2D eigenvalue weighted by Gasteiger charge is -1.90. The highest BCUT2D eigenvalue weighted by atomic mass is 35.5. The molecule has 1 aromatic rings. The van der Waals surface area contributed by atoms with Crippen LogP contribution in [0.2, 0.25) is 0 Å². The van der Waals surface area contributed by atoms with Crippen LogP contribution < -0.4 is 0 Å². The molecule has 0 fully saturated rings. The summed E-state index contributed by atoms with van der Waals surface area (Å²) in [6, 6.07) is 0. The molecule has 0 aliphatic carbocycles. The lowest BCUT2D eigenvalue weighted by molar-refractivity contribution is 0.921. The lowest BCUT2D eigenvalue weighted by Crippen LogP contribution is -1.78. The first-order valence-electron chi connectivity index (χ1n) is 3.03. The van der Waals surface area contributed by atoms with Crippen LogP contribution in [0.3, 0.4) is 0 Å². The highest BCUT2D eigenvalue weighted by Crippen LogP contribution is 2.14. The molecule has 0 bridgehead atoms. The number of alkyl halides is 2. The van der Waals surface area contributed by atoms with E-state index in [0.29, 0.717) is 11.8 Å². The van der Waals surface area contributed by atoms with Crippen LogP contribution in [0.15, 0.2) is 12.4 Å². The summed E-state index contributed by atoms with van der Waals surface area (Å²) < 4.78 is 1.97. The van der Waals surface area contributed by atoms with E-state index in [1.165, 1.54) is 0 Å². The van der Waals surface area contributed by atoms with Gasteiger partial charge in [0.05, 0.1) is 0 Å². The van der Waals surface area contributed by atoms with Crippen molar-refractivity contribution in [2.75, 3.05) is 0 Å². The molecule has 1 nitrogen and oxygen atoms in total. The number of hydrogen-bond donors (Lipinski definition) is 0. The zero-order chi connectivity index (χ0) is 7.56. The predicted octanol–water partition coefficient (Wildman–Crippen LogP) is 2.50. The summed E-state index contributed by atoms with van der Waals surface area (Å²) in [5.41, 5.74) is 2.25. The molecule has 0 saturated heterocycles. The first-order chi connectivity index (χ1) is 4.77. The van der Waals surface area contributed by atoms with E-state index >= 15 is 0 Å². The van der Waals surface area contributed by atoms with Gasteiger partial charge in [0.25, 0.3) is 0 Å². The molecule has 0 N–H and O–H groups in total. The van der Waals surface area contributed by atoms with Crippen molar-refractivity contribution in [3.63, 3.8) is 0 Å². The standard InChI is InChI=1S/C7H9Cl2N/c1-10-4-6(2-8)7(3-9)5-10/h4-5H,2-3H2,1H3. The van der Waals surface area contributed by atoms with Crippen LogP contribution in [0, 0.1) is 0 Å². The molecule has 0 aliphatic rings. The van der Waals surface area contributed by atoms with E-state index in [0.717, 1.165) is 11.1 Å². The second kappa shape index (κ2) is 3.31. The first kappa shape index (κ1) is 7.96. The SMILES string of the molecule is Cn1cc(CCl)c(CCl)c1. The second-order valence-electron chi connectivity index (χ2n) is 2.24. The Morgan fingerprint density at radius 1 is 1.20 bits per heavy atom. The van der Waals surface area contributed by atoms with Crippen molar-refractivity contribution in [3.05, 3.63) is 23.5 Å². The Bertz CT molecular complexity index is 196. The van der Waals surface area contributed by atoms with Gasteiger partial charge in [-0.05, 0) is 11.1 Å². The largest absolute Gasteiger partial charge is 0.357 e. The highest BCUT2D eigenvalue weighted by Gasteiger charge is 2.01. The second-order valence-corrected chi connectivity index (χ2v) is 2.78. The maximum absolute atomic E-state index is 5.65. The quantitative estimate of drug-likeness (QED) is 0.613. The molecule has 0 amide bonds. The monoisotopic (exact) mass is 177 g/mol. The Morgan fingerprint density at radius 3 is 1.90 bits per heavy atom. The van der Waals surface area contributed by atoms with Crippen LogP contribution in [-0.2, 0) is 18.8 Å². The van der Waals surface area contributed by atoms with Gasteiger partial charge >= 0.3 is 0 Å². The number of rotatable bonds is 2. The van der Waals surface area contributed by atoms with Crippen molar-refractivity contribution < 1.29 is 0 Å². The molecule has 3 heteroatoms. The Kier molecular flexibility index (Phi) is 2.64. The van der Waals surface area contributed by atoms with Gasteiger partial charge in [0.15, 0.2) is 0 Å². The fraction of sp³-hybridized carbons (Fsp3) is 0.429. The normalized spacial score (nSPS) is 10.3. The summed E-state index contributed by atoms with van der Waals surface area (Å²) in [5.74, 6) is 1.09. The molecule has 0 aliphatic heterocycles. The molecular weight excluding hydrogens is 169 g/mol. The van der Waals surface area contributed by atoms with Crippen LogP contribution in [0.5, 0.6) is 0 Å². The summed E-state index contributed by atoms with van der Waals surface area (Å²) in [5, 5.41) is 0. The summed E-state index contributed by atoms with van der Waals surface area (Å²) in [4.78, 5) is 0. The topological polar surface area (TPSA) is 4.93 Å². The summed E-state index contributed by atoms with van der Waals surface area (Å²) in [7, 11) is 1.96. The Labute approximate surface area is 70.6 Å². The molecular formula is C7H9Cl2N. The van der Waals surface area contributed by atoms with Crippen LogP contribution in [0.4, 0.5) is 0 Å². The molecule has 56 valence electrons. The van der Waals surface area contributed by atoms with Crippen molar-refractivity contribution in [2.45, 2.75) is 11.8 Å². The number of aromatic nitrogens is 1. The van der Waals surface area contributed by atoms with Crippen molar-refractivity contribution >= 4 is 23.2 Å². The third-order valence-corrected chi connectivity index (χ3v) is 2.00. The molecule has 10 heavy (non-hydrogen) atoms. The van der Waals surface area contributed by atoms with Crippen molar-refractivity contribution in [1.29, 1.82) is 0 Å². The lowest BCUT2D eigenvalue weighted by atomic mass is 10.2. The molecule has 0 unspecified atom stereocenters. The van der Waals surface area contributed by atoms with Crippen LogP contribution in [0.1, 0.15) is 11.1 Å². The Morgan fingerprint density at radius 2 is 1.60 bits per heavy atom. The molecule has 0 spiro atoms. The van der Waals surface area contributed by atoms with E-state index in [1.54, 1.807) is 0 Å². The van der Waals surface area contributed by atoms with Gasteiger partial charge in [-0.2, -0.15) is 0 Å².